The predicted octanol–water partition coefficient (Wildman–Crippen LogP) is 9.64. The molecule has 3 heterocycles. The van der Waals surface area contributed by atoms with Gasteiger partial charge < -0.3 is 9.13 Å². The number of thiazole rings is 1. The van der Waals surface area contributed by atoms with Crippen LogP contribution in [0, 0.1) is 0 Å². The van der Waals surface area contributed by atoms with Crippen molar-refractivity contribution in [1.29, 1.82) is 0 Å². The summed E-state index contributed by atoms with van der Waals surface area (Å²) in [6.45, 7) is 0. The zero-order valence-electron chi connectivity index (χ0n) is 20.9. The quantitative estimate of drug-likeness (QED) is 0.225. The van der Waals surface area contributed by atoms with Crippen LogP contribution in [0.3, 0.4) is 0 Å². The molecule has 0 aliphatic rings. The van der Waals surface area contributed by atoms with E-state index in [2.05, 4.69) is 135 Å². The Labute approximate surface area is 227 Å². The molecular formula is C35H21N3S. The number of nitrogens with zero attached hydrogens (tertiary/aromatic N) is 3. The van der Waals surface area contributed by atoms with Gasteiger partial charge in [0.25, 0.3) is 0 Å². The Kier molecular flexibility index (Phi) is 4.21. The van der Waals surface area contributed by atoms with Crippen molar-refractivity contribution in [2.75, 3.05) is 0 Å². The first-order valence-corrected chi connectivity index (χ1v) is 14.0. The zero-order chi connectivity index (χ0) is 25.5. The van der Waals surface area contributed by atoms with Gasteiger partial charge in [0.15, 0.2) is 0 Å². The van der Waals surface area contributed by atoms with Crippen LogP contribution in [0.25, 0.3) is 76.0 Å². The number of rotatable bonds is 2. The van der Waals surface area contributed by atoms with Crippen LogP contribution >= 0.6 is 11.3 Å². The molecule has 0 bridgehead atoms. The normalized spacial score (nSPS) is 12.1. The molecule has 4 heteroatoms. The van der Waals surface area contributed by atoms with E-state index in [1.165, 1.54) is 64.8 Å². The van der Waals surface area contributed by atoms with E-state index in [0.29, 0.717) is 0 Å². The fraction of sp³-hybridized carbons (Fsp3) is 0. The molecule has 9 aromatic rings. The summed E-state index contributed by atoms with van der Waals surface area (Å²) in [5.41, 5.74) is 10.2. The summed E-state index contributed by atoms with van der Waals surface area (Å²) in [7, 11) is 0. The van der Waals surface area contributed by atoms with E-state index in [1.807, 2.05) is 5.51 Å². The fourth-order valence-corrected chi connectivity index (χ4v) is 6.99. The van der Waals surface area contributed by atoms with Gasteiger partial charge in [-0.25, -0.2) is 4.98 Å². The van der Waals surface area contributed by atoms with Gasteiger partial charge in [0.2, 0.25) is 0 Å². The lowest BCUT2D eigenvalue weighted by Gasteiger charge is -2.09. The Hall–Kier alpha value is -4.93. The number of aromatic nitrogens is 3. The second-order valence-electron chi connectivity index (χ2n) is 10.1. The topological polar surface area (TPSA) is 22.8 Å². The highest BCUT2D eigenvalue weighted by molar-refractivity contribution is 7.16. The van der Waals surface area contributed by atoms with Crippen LogP contribution in [0.4, 0.5) is 0 Å². The third-order valence-corrected chi connectivity index (χ3v) is 8.81. The smallest absolute Gasteiger partial charge is 0.0813 e. The maximum absolute atomic E-state index is 4.52. The van der Waals surface area contributed by atoms with Crippen molar-refractivity contribution >= 4 is 75.9 Å². The molecular weight excluding hydrogens is 494 g/mol. The first kappa shape index (κ1) is 21.1. The van der Waals surface area contributed by atoms with Crippen LogP contribution in [-0.2, 0) is 0 Å². The van der Waals surface area contributed by atoms with Crippen molar-refractivity contribution in [3.63, 3.8) is 0 Å². The van der Waals surface area contributed by atoms with E-state index < -0.39 is 0 Å². The second-order valence-corrected chi connectivity index (χ2v) is 11.0. The van der Waals surface area contributed by atoms with E-state index in [1.54, 1.807) is 11.3 Å². The Morgan fingerprint density at radius 2 is 1.10 bits per heavy atom. The Bertz CT molecular complexity index is 2390. The summed E-state index contributed by atoms with van der Waals surface area (Å²) >= 11 is 1.69. The van der Waals surface area contributed by atoms with Gasteiger partial charge in [0.05, 0.1) is 37.8 Å². The highest BCUT2D eigenvalue weighted by atomic mass is 32.1. The summed E-state index contributed by atoms with van der Waals surface area (Å²) in [5, 5.41) is 7.54. The number of fused-ring (bicyclic) bond motifs is 8. The molecule has 39 heavy (non-hydrogen) atoms. The van der Waals surface area contributed by atoms with Gasteiger partial charge >= 0.3 is 0 Å². The van der Waals surface area contributed by atoms with Crippen LogP contribution in [0.2, 0.25) is 0 Å². The number of benzene rings is 6. The molecule has 182 valence electrons. The molecule has 0 aliphatic carbocycles. The van der Waals surface area contributed by atoms with Gasteiger partial charge in [-0.2, -0.15) is 0 Å². The van der Waals surface area contributed by atoms with Crippen LogP contribution in [-0.4, -0.2) is 14.1 Å². The van der Waals surface area contributed by atoms with Crippen molar-refractivity contribution in [3.8, 4) is 11.4 Å². The third-order valence-electron chi connectivity index (χ3n) is 8.01. The summed E-state index contributed by atoms with van der Waals surface area (Å²) in [5.74, 6) is 0. The molecule has 0 radical (unpaired) electrons. The molecule has 3 aromatic heterocycles. The molecule has 3 nitrogen and oxygen atoms in total. The largest absolute Gasteiger partial charge is 0.309 e. The Balaban J connectivity index is 1.49. The molecule has 0 aliphatic heterocycles. The molecule has 0 saturated carbocycles. The molecule has 0 unspecified atom stereocenters. The van der Waals surface area contributed by atoms with E-state index >= 15 is 0 Å². The van der Waals surface area contributed by atoms with Crippen molar-refractivity contribution < 1.29 is 0 Å². The molecule has 0 atom stereocenters. The van der Waals surface area contributed by atoms with Gasteiger partial charge in [0.1, 0.15) is 0 Å². The molecule has 0 spiro atoms. The summed E-state index contributed by atoms with van der Waals surface area (Å²) in [6, 6.07) is 44.2. The third kappa shape index (κ3) is 2.95. The van der Waals surface area contributed by atoms with Crippen LogP contribution in [0.5, 0.6) is 0 Å². The van der Waals surface area contributed by atoms with Crippen molar-refractivity contribution in [2.45, 2.75) is 0 Å². The standard InChI is InChI=1S/C35H21N3S/c1-2-10-24(11-3-1)37-31-13-7-6-12-26(31)28-19-34-29(20-33(28)37)27-16-22-8-4-5-9-23(22)17-32(27)38(34)25-14-15-30-35(18-25)39-21-36-30/h1-21H. The van der Waals surface area contributed by atoms with Crippen molar-refractivity contribution in [1.82, 2.24) is 14.1 Å². The SMILES string of the molecule is c1ccc(-n2c3ccccc3c3cc4c(cc32)c2cc3ccccc3cc2n4-c2ccc3ncsc3c2)cc1. The fourth-order valence-electron chi connectivity index (χ4n) is 6.28. The average Bonchev–Trinajstić information content (AvgIpc) is 3.67. The minimum atomic E-state index is 1.04. The number of hydrogen-bond acceptors (Lipinski definition) is 2. The molecule has 6 aromatic carbocycles. The van der Waals surface area contributed by atoms with Crippen LogP contribution in [0.1, 0.15) is 0 Å². The van der Waals surface area contributed by atoms with Gasteiger partial charge in [-0.05, 0) is 71.4 Å². The Morgan fingerprint density at radius 1 is 0.462 bits per heavy atom. The summed E-state index contributed by atoms with van der Waals surface area (Å²) < 4.78 is 6.03. The van der Waals surface area contributed by atoms with Crippen molar-refractivity contribution in [3.05, 3.63) is 127 Å². The number of para-hydroxylation sites is 2. The van der Waals surface area contributed by atoms with E-state index in [9.17, 15) is 0 Å². The van der Waals surface area contributed by atoms with Gasteiger partial charge in [-0.3, -0.25) is 0 Å². The van der Waals surface area contributed by atoms with E-state index in [-0.39, 0.29) is 0 Å². The molecule has 0 N–H and O–H groups in total. The van der Waals surface area contributed by atoms with Gasteiger partial charge in [-0.15, -0.1) is 11.3 Å². The lowest BCUT2D eigenvalue weighted by Crippen LogP contribution is -1.94. The summed E-state index contributed by atoms with van der Waals surface area (Å²) in [4.78, 5) is 4.52. The van der Waals surface area contributed by atoms with Gasteiger partial charge in [-0.1, -0.05) is 60.7 Å². The first-order valence-electron chi connectivity index (χ1n) is 13.1. The highest BCUT2D eigenvalue weighted by Gasteiger charge is 2.19. The molecule has 0 fully saturated rings. The maximum atomic E-state index is 4.52. The van der Waals surface area contributed by atoms with Crippen LogP contribution < -0.4 is 0 Å². The summed E-state index contributed by atoms with van der Waals surface area (Å²) in [6.07, 6.45) is 0. The highest BCUT2D eigenvalue weighted by Crippen LogP contribution is 2.41. The minimum absolute atomic E-state index is 1.04. The monoisotopic (exact) mass is 515 g/mol. The first-order chi connectivity index (χ1) is 19.3. The average molecular weight is 516 g/mol. The maximum Gasteiger partial charge on any atom is 0.0813 e. The second kappa shape index (κ2) is 7.79. The Morgan fingerprint density at radius 3 is 1.95 bits per heavy atom. The predicted molar refractivity (Wildman–Crippen MR) is 166 cm³/mol. The lowest BCUT2D eigenvalue weighted by atomic mass is 10.0. The van der Waals surface area contributed by atoms with Crippen LogP contribution in [0.15, 0.2) is 127 Å². The van der Waals surface area contributed by atoms with Crippen molar-refractivity contribution in [2.24, 2.45) is 0 Å². The van der Waals surface area contributed by atoms with Gasteiger partial charge in [0, 0.05) is 32.9 Å². The minimum Gasteiger partial charge on any atom is -0.309 e. The molecule has 9 rings (SSSR count). The van der Waals surface area contributed by atoms with E-state index in [4.69, 9.17) is 0 Å². The lowest BCUT2D eigenvalue weighted by molar-refractivity contribution is 1.18. The molecule has 0 amide bonds. The number of hydrogen-bond donors (Lipinski definition) is 0. The zero-order valence-corrected chi connectivity index (χ0v) is 21.7. The van der Waals surface area contributed by atoms with E-state index in [0.717, 1.165) is 11.2 Å². The molecule has 0 saturated heterocycles.